The first kappa shape index (κ1) is 18.2. The number of hydrogen-bond donors (Lipinski definition) is 1. The quantitative estimate of drug-likeness (QED) is 0.563. The molecule has 0 saturated carbocycles. The zero-order valence-electron chi connectivity index (χ0n) is 14.4. The Kier molecular flexibility index (Phi) is 6.52. The highest BCUT2D eigenvalue weighted by Crippen LogP contribution is 2.22. The molecule has 2 aromatic rings. The molecule has 1 N–H and O–H groups in total. The van der Waals surface area contributed by atoms with E-state index in [2.05, 4.69) is 9.72 Å². The number of ether oxygens (including phenoxy) is 2. The summed E-state index contributed by atoms with van der Waals surface area (Å²) in [5.41, 5.74) is 2.53. The third kappa shape index (κ3) is 4.43. The fourth-order valence-corrected chi connectivity index (χ4v) is 2.76. The lowest BCUT2D eigenvalue weighted by Crippen LogP contribution is -2.34. The van der Waals surface area contributed by atoms with Crippen molar-refractivity contribution in [3.63, 3.8) is 0 Å². The van der Waals surface area contributed by atoms with E-state index >= 15 is 0 Å². The van der Waals surface area contributed by atoms with Gasteiger partial charge in [0.15, 0.2) is 5.78 Å². The van der Waals surface area contributed by atoms with Gasteiger partial charge >= 0.3 is 5.97 Å². The van der Waals surface area contributed by atoms with Crippen molar-refractivity contribution < 1.29 is 19.1 Å². The van der Waals surface area contributed by atoms with Gasteiger partial charge in [-0.2, -0.15) is 0 Å². The molecular weight excluding hydrogens is 308 g/mol. The number of rotatable bonds is 9. The number of para-hydroxylation sites is 1. The average molecular weight is 332 g/mol. The number of carbonyl (C=O) groups excluding carboxylic acids is 2. The Labute approximate surface area is 141 Å². The molecular formula is C18H24N2O4. The summed E-state index contributed by atoms with van der Waals surface area (Å²) in [7, 11) is 2.98. The highest BCUT2D eigenvalue weighted by atomic mass is 16.5. The summed E-state index contributed by atoms with van der Waals surface area (Å²) in [5.74, 6) is -0.251. The van der Waals surface area contributed by atoms with E-state index in [4.69, 9.17) is 4.74 Å². The molecule has 0 aliphatic heterocycles. The number of fused-ring (bicyclic) bond motifs is 1. The molecule has 6 nitrogen and oxygen atoms in total. The van der Waals surface area contributed by atoms with Crippen molar-refractivity contribution in [3.8, 4) is 0 Å². The first-order valence-electron chi connectivity index (χ1n) is 7.95. The van der Waals surface area contributed by atoms with Crippen LogP contribution in [0.1, 0.15) is 22.5 Å². The number of nitrogens with zero attached hydrogens (tertiary/aromatic N) is 1. The van der Waals surface area contributed by atoms with Crippen LogP contribution < -0.4 is 0 Å². The second kappa shape index (κ2) is 8.61. The minimum Gasteiger partial charge on any atom is -0.469 e. The number of benzene rings is 1. The molecule has 2 rings (SSSR count). The van der Waals surface area contributed by atoms with Crippen molar-refractivity contribution in [2.75, 3.05) is 40.5 Å². The van der Waals surface area contributed by atoms with Gasteiger partial charge in [0.1, 0.15) is 0 Å². The van der Waals surface area contributed by atoms with Crippen molar-refractivity contribution in [2.45, 2.75) is 13.3 Å². The molecule has 1 heterocycles. The van der Waals surface area contributed by atoms with Gasteiger partial charge in [0.05, 0.1) is 26.7 Å². The first-order valence-corrected chi connectivity index (χ1v) is 7.95. The van der Waals surface area contributed by atoms with E-state index in [1.807, 2.05) is 36.1 Å². The highest BCUT2D eigenvalue weighted by molar-refractivity contribution is 6.10. The van der Waals surface area contributed by atoms with Crippen LogP contribution in [0.3, 0.4) is 0 Å². The maximum atomic E-state index is 12.8. The zero-order valence-corrected chi connectivity index (χ0v) is 14.4. The smallest absolute Gasteiger partial charge is 0.306 e. The van der Waals surface area contributed by atoms with Crippen molar-refractivity contribution in [1.82, 2.24) is 9.88 Å². The molecule has 0 amide bonds. The summed E-state index contributed by atoms with van der Waals surface area (Å²) >= 11 is 0. The number of H-pyrrole nitrogens is 1. The first-order chi connectivity index (χ1) is 11.6. The molecule has 6 heteroatoms. The number of aromatic amines is 1. The average Bonchev–Trinajstić information content (AvgIpc) is 2.92. The molecule has 0 fully saturated rings. The molecule has 24 heavy (non-hydrogen) atoms. The van der Waals surface area contributed by atoms with Crippen LogP contribution >= 0.6 is 0 Å². The number of ketones is 1. The number of methoxy groups -OCH3 is 2. The van der Waals surface area contributed by atoms with Gasteiger partial charge in [-0.05, 0) is 13.0 Å². The molecule has 0 aliphatic rings. The van der Waals surface area contributed by atoms with E-state index < -0.39 is 0 Å². The Balaban J connectivity index is 2.13. The van der Waals surface area contributed by atoms with Gasteiger partial charge in [0.2, 0.25) is 0 Å². The summed E-state index contributed by atoms with van der Waals surface area (Å²) in [4.78, 5) is 29.3. The SMILES string of the molecule is COCCN(CCC(=O)OC)CC(=O)c1c(C)[nH]c2ccccc12. The normalized spacial score (nSPS) is 11.2. The molecule has 0 aliphatic carbocycles. The number of esters is 1. The largest absolute Gasteiger partial charge is 0.469 e. The second-order valence-corrected chi connectivity index (χ2v) is 5.69. The maximum Gasteiger partial charge on any atom is 0.306 e. The number of Topliss-reactive ketones (excluding diaryl/α,β-unsaturated/α-hetero) is 1. The molecule has 0 radical (unpaired) electrons. The number of nitrogens with one attached hydrogen (secondary N) is 1. The number of carbonyl (C=O) groups is 2. The standard InChI is InChI=1S/C18H24N2O4/c1-13-18(14-6-4-5-7-15(14)19-13)16(21)12-20(10-11-23-2)9-8-17(22)24-3/h4-7,19H,8-12H2,1-3H3. The van der Waals surface area contributed by atoms with Gasteiger partial charge in [0.25, 0.3) is 0 Å². The summed E-state index contributed by atoms with van der Waals surface area (Å²) < 4.78 is 9.77. The molecule has 0 unspecified atom stereocenters. The molecule has 1 aromatic heterocycles. The Morgan fingerprint density at radius 2 is 1.92 bits per heavy atom. The lowest BCUT2D eigenvalue weighted by Gasteiger charge is -2.20. The molecule has 1 aromatic carbocycles. The van der Waals surface area contributed by atoms with E-state index in [-0.39, 0.29) is 24.7 Å². The van der Waals surface area contributed by atoms with E-state index in [0.717, 1.165) is 16.6 Å². The number of aryl methyl sites for hydroxylation is 1. The Bertz CT molecular complexity index is 708. The highest BCUT2D eigenvalue weighted by Gasteiger charge is 2.19. The van der Waals surface area contributed by atoms with Crippen LogP contribution in [0.15, 0.2) is 24.3 Å². The van der Waals surface area contributed by atoms with Gasteiger partial charge in [-0.15, -0.1) is 0 Å². The fraction of sp³-hybridized carbons (Fsp3) is 0.444. The van der Waals surface area contributed by atoms with Gasteiger partial charge < -0.3 is 14.5 Å². The molecule has 0 bridgehead atoms. The van der Waals surface area contributed by atoms with Gasteiger partial charge in [0, 0.05) is 42.4 Å². The Morgan fingerprint density at radius 1 is 1.17 bits per heavy atom. The van der Waals surface area contributed by atoms with Crippen LogP contribution in [0.5, 0.6) is 0 Å². The van der Waals surface area contributed by atoms with E-state index in [0.29, 0.717) is 25.3 Å². The van der Waals surface area contributed by atoms with E-state index in [9.17, 15) is 9.59 Å². The third-order valence-electron chi connectivity index (χ3n) is 4.01. The van der Waals surface area contributed by atoms with Crippen LogP contribution in [0.25, 0.3) is 10.9 Å². The van der Waals surface area contributed by atoms with Crippen LogP contribution in [-0.4, -0.2) is 62.1 Å². The summed E-state index contributed by atoms with van der Waals surface area (Å²) in [6.45, 7) is 3.69. The topological polar surface area (TPSA) is 71.6 Å². The third-order valence-corrected chi connectivity index (χ3v) is 4.01. The fourth-order valence-electron chi connectivity index (χ4n) is 2.76. The molecule has 0 atom stereocenters. The van der Waals surface area contributed by atoms with Gasteiger partial charge in [-0.1, -0.05) is 18.2 Å². The molecule has 0 saturated heterocycles. The van der Waals surface area contributed by atoms with Crippen molar-refractivity contribution in [3.05, 3.63) is 35.5 Å². The predicted octanol–water partition coefficient (Wildman–Crippen LogP) is 2.17. The Hall–Kier alpha value is -2.18. The van der Waals surface area contributed by atoms with Gasteiger partial charge in [-0.3, -0.25) is 14.5 Å². The minimum absolute atomic E-state index is 0.0333. The second-order valence-electron chi connectivity index (χ2n) is 5.69. The minimum atomic E-state index is -0.284. The number of hydrogen-bond acceptors (Lipinski definition) is 5. The molecule has 0 spiro atoms. The summed E-state index contributed by atoms with van der Waals surface area (Å²) in [5, 5.41) is 0.930. The van der Waals surface area contributed by atoms with Crippen LogP contribution in [-0.2, 0) is 14.3 Å². The van der Waals surface area contributed by atoms with E-state index in [1.54, 1.807) is 7.11 Å². The predicted molar refractivity (Wildman–Crippen MR) is 92.3 cm³/mol. The zero-order chi connectivity index (χ0) is 17.5. The van der Waals surface area contributed by atoms with Crippen molar-refractivity contribution >= 4 is 22.7 Å². The maximum absolute atomic E-state index is 12.8. The lowest BCUT2D eigenvalue weighted by molar-refractivity contribution is -0.141. The number of aromatic nitrogens is 1. The monoisotopic (exact) mass is 332 g/mol. The van der Waals surface area contributed by atoms with Crippen molar-refractivity contribution in [2.24, 2.45) is 0 Å². The van der Waals surface area contributed by atoms with Crippen molar-refractivity contribution in [1.29, 1.82) is 0 Å². The summed E-state index contributed by atoms with van der Waals surface area (Å²) in [6, 6.07) is 7.76. The van der Waals surface area contributed by atoms with Gasteiger partial charge in [-0.25, -0.2) is 0 Å². The summed E-state index contributed by atoms with van der Waals surface area (Å²) in [6.07, 6.45) is 0.250. The van der Waals surface area contributed by atoms with Crippen LogP contribution in [0.2, 0.25) is 0 Å². The van der Waals surface area contributed by atoms with Crippen LogP contribution in [0, 0.1) is 6.92 Å². The van der Waals surface area contributed by atoms with E-state index in [1.165, 1.54) is 7.11 Å². The lowest BCUT2D eigenvalue weighted by atomic mass is 10.1. The van der Waals surface area contributed by atoms with Crippen LogP contribution in [0.4, 0.5) is 0 Å². The molecule has 130 valence electrons. The Morgan fingerprint density at radius 3 is 2.62 bits per heavy atom.